The number of aryl methyl sites for hydroxylation is 1. The zero-order valence-electron chi connectivity index (χ0n) is 16.9. The molecule has 0 radical (unpaired) electrons. The molecule has 1 heterocycles. The molecule has 3 rings (SSSR count). The molecule has 3 aromatic rings. The first-order valence-corrected chi connectivity index (χ1v) is 9.84. The molecule has 0 aliphatic rings. The number of hydrogen-bond donors (Lipinski definition) is 0. The Bertz CT molecular complexity index is 969. The smallest absolute Gasteiger partial charge is 0.264 e. The highest BCUT2D eigenvalue weighted by Gasteiger charge is 2.26. The Morgan fingerprint density at radius 1 is 1.14 bits per heavy atom. The molecule has 29 heavy (non-hydrogen) atoms. The van der Waals surface area contributed by atoms with Gasteiger partial charge in [0.2, 0.25) is 11.7 Å². The normalized spacial score (nSPS) is 12.1. The van der Waals surface area contributed by atoms with Gasteiger partial charge in [0, 0.05) is 11.6 Å². The topological polar surface area (TPSA) is 68.5 Å². The van der Waals surface area contributed by atoms with Gasteiger partial charge in [0.1, 0.15) is 12.3 Å². The Kier molecular flexibility index (Phi) is 6.54. The summed E-state index contributed by atoms with van der Waals surface area (Å²) in [6, 6.07) is 14.8. The zero-order chi connectivity index (χ0) is 21.0. The van der Waals surface area contributed by atoms with E-state index in [1.54, 1.807) is 17.9 Å². The van der Waals surface area contributed by atoms with Gasteiger partial charge in [-0.1, -0.05) is 46.6 Å². The van der Waals surface area contributed by atoms with E-state index in [2.05, 4.69) is 10.1 Å². The predicted octanol–water partition coefficient (Wildman–Crippen LogP) is 4.90. The molecule has 0 saturated carbocycles. The maximum Gasteiger partial charge on any atom is 0.264 e. The summed E-state index contributed by atoms with van der Waals surface area (Å²) in [4.78, 5) is 19.0. The molecule has 0 spiro atoms. The lowest BCUT2D eigenvalue weighted by Crippen LogP contribution is -2.43. The van der Waals surface area contributed by atoms with Crippen LogP contribution in [0.4, 0.5) is 0 Å². The van der Waals surface area contributed by atoms with E-state index in [1.165, 1.54) is 0 Å². The molecule has 0 fully saturated rings. The highest BCUT2D eigenvalue weighted by atomic mass is 35.5. The van der Waals surface area contributed by atoms with Crippen LogP contribution in [0.15, 0.2) is 53.1 Å². The molecule has 0 bridgehead atoms. The van der Waals surface area contributed by atoms with Crippen LogP contribution in [0.5, 0.6) is 5.75 Å². The summed E-state index contributed by atoms with van der Waals surface area (Å²) < 4.78 is 11.2. The third-order valence-electron chi connectivity index (χ3n) is 4.48. The van der Waals surface area contributed by atoms with E-state index in [4.69, 9.17) is 20.9 Å². The summed E-state index contributed by atoms with van der Waals surface area (Å²) in [6.45, 7) is 7.79. The number of benzene rings is 2. The van der Waals surface area contributed by atoms with Crippen molar-refractivity contribution in [2.75, 3.05) is 0 Å². The van der Waals surface area contributed by atoms with E-state index in [-0.39, 0.29) is 18.5 Å². The van der Waals surface area contributed by atoms with Gasteiger partial charge in [0.05, 0.1) is 5.02 Å². The number of amides is 1. The second kappa shape index (κ2) is 9.09. The lowest BCUT2D eigenvalue weighted by Gasteiger charge is -2.28. The number of carbonyl (C=O) groups is 1. The van der Waals surface area contributed by atoms with Crippen molar-refractivity contribution in [3.63, 3.8) is 0 Å². The zero-order valence-corrected chi connectivity index (χ0v) is 17.7. The van der Waals surface area contributed by atoms with Crippen LogP contribution in [-0.2, 0) is 11.3 Å². The van der Waals surface area contributed by atoms with E-state index in [9.17, 15) is 4.79 Å². The fraction of sp³-hybridized carbons (Fsp3) is 0.318. The van der Waals surface area contributed by atoms with Gasteiger partial charge in [-0.3, -0.25) is 4.79 Å². The number of carbonyl (C=O) groups excluding carboxylic acids is 1. The predicted molar refractivity (Wildman–Crippen MR) is 112 cm³/mol. The summed E-state index contributed by atoms with van der Waals surface area (Å²) in [5.74, 6) is 1.23. The van der Waals surface area contributed by atoms with Crippen molar-refractivity contribution < 1.29 is 14.1 Å². The summed E-state index contributed by atoms with van der Waals surface area (Å²) >= 11 is 6.20. The molecular formula is C22H24ClN3O3. The van der Waals surface area contributed by atoms with Crippen LogP contribution in [0.25, 0.3) is 11.4 Å². The molecular weight excluding hydrogens is 390 g/mol. The molecule has 6 nitrogen and oxygen atoms in total. The Hall–Kier alpha value is -2.86. The minimum Gasteiger partial charge on any atom is -0.481 e. The van der Waals surface area contributed by atoms with Gasteiger partial charge in [-0.15, -0.1) is 0 Å². The number of hydrogen-bond acceptors (Lipinski definition) is 5. The standard InChI is InChI=1S/C22H24ClN3O3/c1-14(2)26(22(27)16(4)28-17-11-9-15(3)10-12-17)13-20-24-21(25-29-20)18-7-5-6-8-19(18)23/h5-12,14,16H,13H2,1-4H3/t16-/m1/s1. The summed E-state index contributed by atoms with van der Waals surface area (Å²) in [7, 11) is 0. The molecule has 0 aliphatic carbocycles. The molecule has 0 saturated heterocycles. The van der Waals surface area contributed by atoms with Crippen LogP contribution in [0, 0.1) is 6.92 Å². The Balaban J connectivity index is 1.72. The average molecular weight is 414 g/mol. The molecule has 2 aromatic carbocycles. The van der Waals surface area contributed by atoms with Crippen LogP contribution in [-0.4, -0.2) is 33.1 Å². The van der Waals surface area contributed by atoms with E-state index in [1.807, 2.05) is 63.2 Å². The lowest BCUT2D eigenvalue weighted by molar-refractivity contribution is -0.140. The van der Waals surface area contributed by atoms with Crippen molar-refractivity contribution in [2.24, 2.45) is 0 Å². The highest BCUT2D eigenvalue weighted by molar-refractivity contribution is 6.33. The van der Waals surface area contributed by atoms with Gasteiger partial charge in [-0.25, -0.2) is 0 Å². The molecule has 1 atom stereocenters. The lowest BCUT2D eigenvalue weighted by atomic mass is 10.2. The first-order valence-electron chi connectivity index (χ1n) is 9.46. The van der Waals surface area contributed by atoms with Crippen LogP contribution in [0.3, 0.4) is 0 Å². The maximum atomic E-state index is 13.0. The average Bonchev–Trinajstić information content (AvgIpc) is 3.16. The maximum absolute atomic E-state index is 13.0. The summed E-state index contributed by atoms with van der Waals surface area (Å²) in [5.41, 5.74) is 1.81. The van der Waals surface area contributed by atoms with E-state index in [0.717, 1.165) is 5.56 Å². The fourth-order valence-electron chi connectivity index (χ4n) is 2.84. The minimum atomic E-state index is -0.647. The van der Waals surface area contributed by atoms with E-state index < -0.39 is 6.10 Å². The number of ether oxygens (including phenoxy) is 1. The number of halogens is 1. The summed E-state index contributed by atoms with van der Waals surface area (Å²) in [6.07, 6.45) is -0.647. The Morgan fingerprint density at radius 3 is 2.48 bits per heavy atom. The minimum absolute atomic E-state index is 0.0674. The van der Waals surface area contributed by atoms with Gasteiger partial charge < -0.3 is 14.2 Å². The second-order valence-electron chi connectivity index (χ2n) is 7.12. The van der Waals surface area contributed by atoms with Gasteiger partial charge in [0.25, 0.3) is 5.91 Å². The monoisotopic (exact) mass is 413 g/mol. The second-order valence-corrected chi connectivity index (χ2v) is 7.53. The van der Waals surface area contributed by atoms with Crippen LogP contribution in [0.2, 0.25) is 5.02 Å². The number of aromatic nitrogens is 2. The molecule has 0 unspecified atom stereocenters. The van der Waals surface area contributed by atoms with Crippen LogP contribution < -0.4 is 4.74 Å². The SMILES string of the molecule is Cc1ccc(O[C@H](C)C(=O)N(Cc2nc(-c3ccccc3Cl)no2)C(C)C)cc1. The van der Waals surface area contributed by atoms with Crippen molar-refractivity contribution in [3.8, 4) is 17.1 Å². The molecule has 0 aliphatic heterocycles. The van der Waals surface area contributed by atoms with E-state index in [0.29, 0.717) is 28.1 Å². The summed E-state index contributed by atoms with van der Waals surface area (Å²) in [5, 5.41) is 4.54. The third-order valence-corrected chi connectivity index (χ3v) is 4.81. The van der Waals surface area contributed by atoms with Crippen molar-refractivity contribution in [3.05, 3.63) is 65.0 Å². The van der Waals surface area contributed by atoms with Gasteiger partial charge >= 0.3 is 0 Å². The first kappa shape index (κ1) is 20.9. The van der Waals surface area contributed by atoms with Crippen LogP contribution in [0.1, 0.15) is 32.2 Å². The van der Waals surface area contributed by atoms with Gasteiger partial charge in [0.15, 0.2) is 6.10 Å². The Labute approximate surface area is 175 Å². The van der Waals surface area contributed by atoms with Crippen molar-refractivity contribution in [1.29, 1.82) is 0 Å². The van der Waals surface area contributed by atoms with Crippen molar-refractivity contribution >= 4 is 17.5 Å². The van der Waals surface area contributed by atoms with E-state index >= 15 is 0 Å². The van der Waals surface area contributed by atoms with Gasteiger partial charge in [-0.05, 0) is 52.0 Å². The number of nitrogens with zero attached hydrogens (tertiary/aromatic N) is 3. The quantitative estimate of drug-likeness (QED) is 0.550. The first-order chi connectivity index (χ1) is 13.8. The van der Waals surface area contributed by atoms with Crippen molar-refractivity contribution in [2.45, 2.75) is 46.4 Å². The van der Waals surface area contributed by atoms with Gasteiger partial charge in [-0.2, -0.15) is 4.98 Å². The van der Waals surface area contributed by atoms with Crippen LogP contribution >= 0.6 is 11.6 Å². The number of rotatable bonds is 7. The molecule has 152 valence electrons. The fourth-order valence-corrected chi connectivity index (χ4v) is 3.06. The molecule has 1 aromatic heterocycles. The largest absolute Gasteiger partial charge is 0.481 e. The highest BCUT2D eigenvalue weighted by Crippen LogP contribution is 2.25. The molecule has 1 amide bonds. The molecule has 0 N–H and O–H groups in total. The Morgan fingerprint density at radius 2 is 1.83 bits per heavy atom. The van der Waals surface area contributed by atoms with Crippen molar-refractivity contribution in [1.82, 2.24) is 15.0 Å². The molecule has 7 heteroatoms. The third kappa shape index (κ3) is 5.15.